The quantitative estimate of drug-likeness (QED) is 0.780. The maximum Gasteiger partial charge on any atom is 0.238 e. The molecule has 0 aliphatic carbocycles. The molecule has 1 aliphatic heterocycles. The van der Waals surface area contributed by atoms with Gasteiger partial charge in [0.05, 0.1) is 21.7 Å². The van der Waals surface area contributed by atoms with Crippen LogP contribution in [0, 0.1) is 5.92 Å². The highest BCUT2D eigenvalue weighted by Crippen LogP contribution is 2.26. The maximum atomic E-state index is 12.5. The highest BCUT2D eigenvalue weighted by atomic mass is 32.2. The Kier molecular flexibility index (Phi) is 5.59. The molecule has 0 bridgehead atoms. The van der Waals surface area contributed by atoms with E-state index in [2.05, 4.69) is 11.9 Å². The van der Waals surface area contributed by atoms with Gasteiger partial charge < -0.3 is 9.47 Å². The summed E-state index contributed by atoms with van der Waals surface area (Å²) in [5, 5.41) is 5.91. The van der Waals surface area contributed by atoms with Crippen molar-refractivity contribution < 1.29 is 13.2 Å². The molecule has 1 saturated heterocycles. The number of primary sulfonamides is 1. The van der Waals surface area contributed by atoms with Crippen LogP contribution in [0.2, 0.25) is 0 Å². The van der Waals surface area contributed by atoms with Gasteiger partial charge in [-0.1, -0.05) is 18.7 Å². The number of nitrogens with zero attached hydrogens (tertiary/aromatic N) is 3. The topological polar surface area (TPSA) is 98.3 Å². The number of carbonyl (C=O) groups is 1. The highest BCUT2D eigenvalue weighted by molar-refractivity contribution is 7.99. The summed E-state index contributed by atoms with van der Waals surface area (Å²) in [6.07, 6.45) is 2.11. The molecule has 0 saturated carbocycles. The molecule has 26 heavy (non-hydrogen) atoms. The Morgan fingerprint density at radius 3 is 2.65 bits per heavy atom. The SMILES string of the molecule is CCn1c(SCC(=O)N2CCC(C)CC2)nc2cc(S(N)(=O)=O)ccc21. The van der Waals surface area contributed by atoms with Gasteiger partial charge in [-0.15, -0.1) is 0 Å². The summed E-state index contributed by atoms with van der Waals surface area (Å²) in [7, 11) is -3.77. The Hall–Kier alpha value is -1.58. The molecule has 2 aromatic rings. The van der Waals surface area contributed by atoms with Crippen LogP contribution in [0.1, 0.15) is 26.7 Å². The van der Waals surface area contributed by atoms with Crippen molar-refractivity contribution in [3.63, 3.8) is 0 Å². The summed E-state index contributed by atoms with van der Waals surface area (Å²) in [6.45, 7) is 6.54. The first-order valence-corrected chi connectivity index (χ1v) is 11.3. The van der Waals surface area contributed by atoms with Crippen LogP contribution in [0.5, 0.6) is 0 Å². The molecule has 142 valence electrons. The number of thioether (sulfide) groups is 1. The number of hydrogen-bond donors (Lipinski definition) is 1. The Morgan fingerprint density at radius 2 is 2.04 bits per heavy atom. The van der Waals surface area contributed by atoms with E-state index >= 15 is 0 Å². The number of nitrogens with two attached hydrogens (primary N) is 1. The molecule has 2 heterocycles. The lowest BCUT2D eigenvalue weighted by molar-refractivity contribution is -0.129. The number of amides is 1. The Balaban J connectivity index is 1.78. The molecule has 9 heteroatoms. The van der Waals surface area contributed by atoms with Gasteiger partial charge in [0.1, 0.15) is 0 Å². The zero-order valence-electron chi connectivity index (χ0n) is 15.0. The van der Waals surface area contributed by atoms with Crippen LogP contribution in [0.3, 0.4) is 0 Å². The molecule has 1 aromatic heterocycles. The van der Waals surface area contributed by atoms with E-state index in [9.17, 15) is 13.2 Å². The Labute approximate surface area is 158 Å². The van der Waals surface area contributed by atoms with Gasteiger partial charge in [0.2, 0.25) is 15.9 Å². The molecule has 1 fully saturated rings. The number of rotatable bonds is 5. The highest BCUT2D eigenvalue weighted by Gasteiger charge is 2.21. The molecule has 2 N–H and O–H groups in total. The minimum atomic E-state index is -3.77. The van der Waals surface area contributed by atoms with Gasteiger partial charge in [-0.25, -0.2) is 18.5 Å². The summed E-state index contributed by atoms with van der Waals surface area (Å²) in [6, 6.07) is 4.68. The van der Waals surface area contributed by atoms with Crippen molar-refractivity contribution in [3.8, 4) is 0 Å². The van der Waals surface area contributed by atoms with Gasteiger partial charge in [-0.3, -0.25) is 4.79 Å². The molecule has 1 aliphatic rings. The third-order valence-corrected chi connectivity index (χ3v) is 6.66. The molecular weight excluding hydrogens is 372 g/mol. The van der Waals surface area contributed by atoms with Crippen LogP contribution in [-0.2, 0) is 21.4 Å². The number of fused-ring (bicyclic) bond motifs is 1. The Morgan fingerprint density at radius 1 is 1.35 bits per heavy atom. The zero-order chi connectivity index (χ0) is 18.9. The van der Waals surface area contributed by atoms with Crippen LogP contribution in [0.15, 0.2) is 28.3 Å². The molecule has 3 rings (SSSR count). The van der Waals surface area contributed by atoms with Gasteiger partial charge in [-0.05, 0) is 43.9 Å². The first-order valence-electron chi connectivity index (χ1n) is 8.73. The summed E-state index contributed by atoms with van der Waals surface area (Å²) < 4.78 is 25.1. The number of aryl methyl sites for hydroxylation is 1. The van der Waals surface area contributed by atoms with Gasteiger partial charge in [0, 0.05) is 19.6 Å². The first-order chi connectivity index (χ1) is 12.3. The fourth-order valence-corrected chi connectivity index (χ4v) is 4.67. The van der Waals surface area contributed by atoms with Crippen molar-refractivity contribution in [1.29, 1.82) is 0 Å². The zero-order valence-corrected chi connectivity index (χ0v) is 16.6. The van der Waals surface area contributed by atoms with Crippen LogP contribution in [-0.4, -0.2) is 47.6 Å². The minimum absolute atomic E-state index is 0.0424. The predicted molar refractivity (Wildman–Crippen MR) is 102 cm³/mol. The molecule has 0 atom stereocenters. The average molecular weight is 397 g/mol. The summed E-state index contributed by atoms with van der Waals surface area (Å²) >= 11 is 1.39. The number of benzene rings is 1. The number of hydrogen-bond acceptors (Lipinski definition) is 5. The van der Waals surface area contributed by atoms with Gasteiger partial charge in [0.25, 0.3) is 0 Å². The summed E-state index contributed by atoms with van der Waals surface area (Å²) in [4.78, 5) is 18.9. The number of sulfonamides is 1. The maximum absolute atomic E-state index is 12.5. The number of likely N-dealkylation sites (tertiary alicyclic amines) is 1. The molecule has 0 unspecified atom stereocenters. The van der Waals surface area contributed by atoms with Crippen LogP contribution >= 0.6 is 11.8 Å². The lowest BCUT2D eigenvalue weighted by Gasteiger charge is -2.30. The minimum Gasteiger partial charge on any atom is -0.342 e. The van der Waals surface area contributed by atoms with E-state index in [1.807, 2.05) is 16.4 Å². The van der Waals surface area contributed by atoms with Gasteiger partial charge in [0.15, 0.2) is 5.16 Å². The predicted octanol–water partition coefficient (Wildman–Crippen LogP) is 2.05. The monoisotopic (exact) mass is 396 g/mol. The summed E-state index contributed by atoms with van der Waals surface area (Å²) in [5.41, 5.74) is 1.40. The van der Waals surface area contributed by atoms with Gasteiger partial charge in [-0.2, -0.15) is 0 Å². The Bertz CT molecular complexity index is 915. The summed E-state index contributed by atoms with van der Waals surface area (Å²) in [5.74, 6) is 1.14. The second-order valence-corrected chi connectivity index (χ2v) is 9.19. The smallest absolute Gasteiger partial charge is 0.238 e. The van der Waals surface area contributed by atoms with Crippen LogP contribution < -0.4 is 5.14 Å². The second kappa shape index (κ2) is 7.58. The molecule has 0 radical (unpaired) electrons. The normalized spacial score (nSPS) is 16.3. The van der Waals surface area contributed by atoms with Gasteiger partial charge >= 0.3 is 0 Å². The van der Waals surface area contributed by atoms with Crippen molar-refractivity contribution in [3.05, 3.63) is 18.2 Å². The second-order valence-electron chi connectivity index (χ2n) is 6.69. The number of aromatic nitrogens is 2. The lowest BCUT2D eigenvalue weighted by Crippen LogP contribution is -2.38. The molecular formula is C17H24N4O3S2. The molecule has 7 nitrogen and oxygen atoms in total. The van der Waals surface area contributed by atoms with E-state index in [-0.39, 0.29) is 10.8 Å². The number of imidazole rings is 1. The van der Waals surface area contributed by atoms with Crippen molar-refractivity contribution in [2.75, 3.05) is 18.8 Å². The number of carbonyl (C=O) groups excluding carboxylic acids is 1. The molecule has 1 aromatic carbocycles. The van der Waals surface area contributed by atoms with Crippen molar-refractivity contribution in [1.82, 2.24) is 14.5 Å². The van der Waals surface area contributed by atoms with E-state index in [1.165, 1.54) is 23.9 Å². The third kappa shape index (κ3) is 4.05. The third-order valence-electron chi connectivity index (χ3n) is 4.79. The van der Waals surface area contributed by atoms with Crippen molar-refractivity contribution in [2.24, 2.45) is 11.1 Å². The standard InChI is InChI=1S/C17H24N4O3S2/c1-3-21-15-5-4-13(26(18,23)24)10-14(15)19-17(21)25-11-16(22)20-8-6-12(2)7-9-20/h4-5,10,12H,3,6-9,11H2,1-2H3,(H2,18,23,24). The van der Waals surface area contributed by atoms with Crippen LogP contribution in [0.25, 0.3) is 11.0 Å². The largest absolute Gasteiger partial charge is 0.342 e. The fourth-order valence-electron chi connectivity index (χ4n) is 3.16. The number of piperidine rings is 1. The van der Waals surface area contributed by atoms with Crippen molar-refractivity contribution in [2.45, 2.75) is 43.3 Å². The van der Waals surface area contributed by atoms with Crippen LogP contribution in [0.4, 0.5) is 0 Å². The van der Waals surface area contributed by atoms with E-state index in [4.69, 9.17) is 5.14 Å². The van der Waals surface area contributed by atoms with E-state index in [0.29, 0.717) is 28.9 Å². The van der Waals surface area contributed by atoms with E-state index < -0.39 is 10.0 Å². The lowest BCUT2D eigenvalue weighted by atomic mass is 9.99. The van der Waals surface area contributed by atoms with Crippen molar-refractivity contribution >= 4 is 38.7 Å². The first kappa shape index (κ1) is 19.2. The average Bonchev–Trinajstić information content (AvgIpc) is 2.96. The molecule has 0 spiro atoms. The van der Waals surface area contributed by atoms with E-state index in [1.54, 1.807) is 6.07 Å². The molecule has 1 amide bonds. The fraction of sp³-hybridized carbons (Fsp3) is 0.529. The van der Waals surface area contributed by atoms with E-state index in [0.717, 1.165) is 31.4 Å².